The highest BCUT2D eigenvalue weighted by Gasteiger charge is 2.62. The SMILES string of the molecule is CC(C)(C)C(F)(F)OCC(COC(=O)C12CC3CC(CC(O)(C3)C1)C2)OC(=O)C12CC3CC(CC(O)(C3)C1)C2. The summed E-state index contributed by atoms with van der Waals surface area (Å²) in [5.74, 6) is 0.124. The number of rotatable bonds is 8. The zero-order chi connectivity index (χ0) is 28.1. The standard InChI is InChI=1S/C30H44F2O7/c1-25(2,3)30(31,32)38-15-22(39-24(34)27-8-20-5-21(9-27)13-29(36,12-20)17-27)14-37-23(33)26-6-18-4-19(7-26)11-28(35,10-18)16-26/h18-22,35-36H,4-17H2,1-3H3. The number of carbonyl (C=O) groups excluding carboxylic acids is 2. The first kappa shape index (κ1) is 27.8. The number of carbonyl (C=O) groups is 2. The van der Waals surface area contributed by atoms with Crippen molar-refractivity contribution in [3.8, 4) is 0 Å². The summed E-state index contributed by atoms with van der Waals surface area (Å²) in [5.41, 5.74) is -4.80. The Kier molecular flexibility index (Phi) is 6.31. The van der Waals surface area contributed by atoms with Crippen molar-refractivity contribution in [2.24, 2.45) is 39.9 Å². The number of hydrogen-bond donors (Lipinski definition) is 2. The number of aliphatic hydroxyl groups is 2. The zero-order valence-electron chi connectivity index (χ0n) is 23.5. The Hall–Kier alpha value is -1.32. The topological polar surface area (TPSA) is 102 Å². The van der Waals surface area contributed by atoms with Gasteiger partial charge in [0, 0.05) is 0 Å². The Morgan fingerprint density at radius 3 is 1.62 bits per heavy atom. The van der Waals surface area contributed by atoms with Crippen molar-refractivity contribution in [1.29, 1.82) is 0 Å². The summed E-state index contributed by atoms with van der Waals surface area (Å²) in [6, 6.07) is 0. The van der Waals surface area contributed by atoms with Crippen LogP contribution in [0, 0.1) is 39.9 Å². The number of alkyl halides is 2. The van der Waals surface area contributed by atoms with E-state index >= 15 is 0 Å². The molecule has 8 aliphatic carbocycles. The fourth-order valence-electron chi connectivity index (χ4n) is 10.0. The van der Waals surface area contributed by atoms with E-state index in [0.29, 0.717) is 64.2 Å². The van der Waals surface area contributed by atoms with Crippen molar-refractivity contribution < 1.29 is 42.8 Å². The first-order valence-electron chi connectivity index (χ1n) is 14.9. The minimum absolute atomic E-state index is 0.253. The molecule has 0 amide bonds. The molecule has 8 bridgehead atoms. The van der Waals surface area contributed by atoms with Gasteiger partial charge in [0.1, 0.15) is 6.61 Å². The van der Waals surface area contributed by atoms with E-state index in [4.69, 9.17) is 14.2 Å². The van der Waals surface area contributed by atoms with Gasteiger partial charge in [-0.05, 0) is 101 Å². The summed E-state index contributed by atoms with van der Waals surface area (Å²) in [4.78, 5) is 27.1. The second-order valence-electron chi connectivity index (χ2n) is 15.6. The minimum atomic E-state index is -3.49. The highest BCUT2D eigenvalue weighted by molar-refractivity contribution is 5.79. The fourth-order valence-corrected chi connectivity index (χ4v) is 10.0. The van der Waals surface area contributed by atoms with Crippen LogP contribution >= 0.6 is 0 Å². The molecule has 39 heavy (non-hydrogen) atoms. The van der Waals surface area contributed by atoms with E-state index in [1.54, 1.807) is 0 Å². The summed E-state index contributed by atoms with van der Waals surface area (Å²) < 4.78 is 46.0. The molecule has 5 atom stereocenters. The van der Waals surface area contributed by atoms with Gasteiger partial charge in [0.05, 0.1) is 34.1 Å². The van der Waals surface area contributed by atoms with Gasteiger partial charge in [-0.15, -0.1) is 0 Å². The molecule has 0 aliphatic heterocycles. The van der Waals surface area contributed by atoms with Gasteiger partial charge >= 0.3 is 18.0 Å². The second-order valence-corrected chi connectivity index (χ2v) is 15.6. The Morgan fingerprint density at radius 2 is 1.21 bits per heavy atom. The molecule has 0 radical (unpaired) electrons. The summed E-state index contributed by atoms with van der Waals surface area (Å²) in [5, 5.41) is 22.1. The zero-order valence-corrected chi connectivity index (χ0v) is 23.5. The lowest BCUT2D eigenvalue weighted by Crippen LogP contribution is -2.59. The van der Waals surface area contributed by atoms with E-state index in [-0.39, 0.29) is 30.3 Å². The van der Waals surface area contributed by atoms with Crippen LogP contribution < -0.4 is 0 Å². The van der Waals surface area contributed by atoms with Gasteiger partial charge in [-0.1, -0.05) is 20.8 Å². The number of halogens is 2. The molecule has 5 unspecified atom stereocenters. The van der Waals surface area contributed by atoms with Crippen LogP contribution in [0.3, 0.4) is 0 Å². The molecular weight excluding hydrogens is 510 g/mol. The van der Waals surface area contributed by atoms with E-state index < -0.39 is 58.2 Å². The quantitative estimate of drug-likeness (QED) is 0.417. The predicted octanol–water partition coefficient (Wildman–Crippen LogP) is 4.76. The molecule has 0 aromatic heterocycles. The lowest BCUT2D eigenvalue weighted by molar-refractivity contribution is -0.304. The summed E-state index contributed by atoms with van der Waals surface area (Å²) in [7, 11) is 0. The van der Waals surface area contributed by atoms with Crippen molar-refractivity contribution in [2.75, 3.05) is 13.2 Å². The lowest BCUT2D eigenvalue weighted by atomic mass is 9.48. The molecule has 9 heteroatoms. The Balaban J connectivity index is 1.16. The highest BCUT2D eigenvalue weighted by atomic mass is 19.3. The van der Waals surface area contributed by atoms with Crippen molar-refractivity contribution >= 4 is 11.9 Å². The fraction of sp³-hybridized carbons (Fsp3) is 0.933. The monoisotopic (exact) mass is 554 g/mol. The predicted molar refractivity (Wildman–Crippen MR) is 135 cm³/mol. The van der Waals surface area contributed by atoms with Gasteiger partial charge in [0.15, 0.2) is 6.10 Å². The van der Waals surface area contributed by atoms with Crippen LogP contribution in [0.15, 0.2) is 0 Å². The van der Waals surface area contributed by atoms with E-state index in [2.05, 4.69) is 0 Å². The van der Waals surface area contributed by atoms with Gasteiger partial charge < -0.3 is 24.4 Å². The van der Waals surface area contributed by atoms with E-state index in [0.717, 1.165) is 12.8 Å². The summed E-state index contributed by atoms with van der Waals surface area (Å²) in [6.07, 6.45) is 3.40. The van der Waals surface area contributed by atoms with Crippen LogP contribution in [-0.2, 0) is 23.8 Å². The van der Waals surface area contributed by atoms with Gasteiger partial charge in [-0.2, -0.15) is 8.78 Å². The van der Waals surface area contributed by atoms with Crippen molar-refractivity contribution in [1.82, 2.24) is 0 Å². The highest BCUT2D eigenvalue weighted by Crippen LogP contribution is 2.63. The normalized spacial score (nSPS) is 44.9. The molecule has 0 aromatic carbocycles. The maximum atomic E-state index is 14.7. The molecule has 8 fully saturated rings. The van der Waals surface area contributed by atoms with E-state index in [9.17, 15) is 28.6 Å². The van der Waals surface area contributed by atoms with E-state index in [1.165, 1.54) is 20.8 Å². The first-order chi connectivity index (χ1) is 18.0. The molecular formula is C30H44F2O7. The second kappa shape index (κ2) is 8.84. The molecule has 0 aromatic rings. The van der Waals surface area contributed by atoms with Crippen LogP contribution in [0.25, 0.3) is 0 Å². The average Bonchev–Trinajstić information content (AvgIpc) is 2.76. The third-order valence-electron chi connectivity index (χ3n) is 10.9. The van der Waals surface area contributed by atoms with E-state index in [1.807, 2.05) is 0 Å². The van der Waals surface area contributed by atoms with Gasteiger partial charge in [0.25, 0.3) is 0 Å². The maximum Gasteiger partial charge on any atom is 0.360 e. The molecule has 8 rings (SSSR count). The molecule has 0 heterocycles. The van der Waals surface area contributed by atoms with Crippen molar-refractivity contribution in [3.63, 3.8) is 0 Å². The van der Waals surface area contributed by atoms with Crippen molar-refractivity contribution in [2.45, 2.75) is 121 Å². The average molecular weight is 555 g/mol. The molecule has 0 saturated heterocycles. The molecule has 7 nitrogen and oxygen atoms in total. The third-order valence-corrected chi connectivity index (χ3v) is 10.9. The maximum absolute atomic E-state index is 14.7. The molecule has 220 valence electrons. The summed E-state index contributed by atoms with van der Waals surface area (Å²) in [6.45, 7) is 3.10. The molecule has 8 saturated carbocycles. The Bertz CT molecular complexity index is 991. The number of hydrogen-bond acceptors (Lipinski definition) is 7. The van der Waals surface area contributed by atoms with Gasteiger partial charge in [0.2, 0.25) is 0 Å². The number of esters is 2. The lowest BCUT2D eigenvalue weighted by Gasteiger charge is -2.59. The Morgan fingerprint density at radius 1 is 0.769 bits per heavy atom. The van der Waals surface area contributed by atoms with Gasteiger partial charge in [-0.25, -0.2) is 0 Å². The number of ether oxygens (including phenoxy) is 3. The van der Waals surface area contributed by atoms with Crippen LogP contribution in [0.4, 0.5) is 8.78 Å². The van der Waals surface area contributed by atoms with Crippen LogP contribution in [0.2, 0.25) is 0 Å². The Labute approximate surface area is 229 Å². The minimum Gasteiger partial charge on any atom is -0.461 e. The molecule has 2 N–H and O–H groups in total. The van der Waals surface area contributed by atoms with Gasteiger partial charge in [-0.3, -0.25) is 9.59 Å². The van der Waals surface area contributed by atoms with Crippen LogP contribution in [0.1, 0.15) is 97.8 Å². The largest absolute Gasteiger partial charge is 0.461 e. The van der Waals surface area contributed by atoms with Crippen LogP contribution in [0.5, 0.6) is 0 Å². The third kappa shape index (κ3) is 4.92. The first-order valence-corrected chi connectivity index (χ1v) is 14.9. The molecule has 0 spiro atoms. The van der Waals surface area contributed by atoms with Crippen molar-refractivity contribution in [3.05, 3.63) is 0 Å². The summed E-state index contributed by atoms with van der Waals surface area (Å²) >= 11 is 0. The van der Waals surface area contributed by atoms with Crippen LogP contribution in [-0.4, -0.2) is 58.8 Å². The smallest absolute Gasteiger partial charge is 0.360 e. The molecule has 8 aliphatic rings.